The summed E-state index contributed by atoms with van der Waals surface area (Å²) in [5, 5.41) is 8.18. The van der Waals surface area contributed by atoms with Crippen molar-refractivity contribution in [3.05, 3.63) is 41.0 Å². The van der Waals surface area contributed by atoms with Crippen molar-refractivity contribution in [1.29, 1.82) is 0 Å². The van der Waals surface area contributed by atoms with E-state index >= 15 is 0 Å². The second-order valence-electron chi connectivity index (χ2n) is 6.50. The number of hydrogen-bond donors (Lipinski definition) is 2. The molecule has 3 N–H and O–H groups in total. The van der Waals surface area contributed by atoms with Crippen molar-refractivity contribution in [3.8, 4) is 5.69 Å². The van der Waals surface area contributed by atoms with Crippen LogP contribution in [0.3, 0.4) is 0 Å². The van der Waals surface area contributed by atoms with Crippen LogP contribution in [-0.4, -0.2) is 22.2 Å². The first-order valence-electron chi connectivity index (χ1n) is 7.67. The maximum Gasteiger partial charge on any atom is 0.225 e. The molecule has 0 aliphatic carbocycles. The lowest BCUT2D eigenvalue weighted by molar-refractivity contribution is -0.116. The molecule has 124 valence electrons. The van der Waals surface area contributed by atoms with Gasteiger partial charge in [0.05, 0.1) is 11.4 Å². The van der Waals surface area contributed by atoms with Crippen LogP contribution in [0.25, 0.3) is 5.69 Å². The van der Waals surface area contributed by atoms with Crippen LogP contribution in [0.15, 0.2) is 30.3 Å². The fourth-order valence-electron chi connectivity index (χ4n) is 2.11. The molecule has 23 heavy (non-hydrogen) atoms. The summed E-state index contributed by atoms with van der Waals surface area (Å²) in [6, 6.07) is 9.29. The number of nitrogens with one attached hydrogen (secondary N) is 1. The molecule has 0 unspecified atom stereocenters. The van der Waals surface area contributed by atoms with E-state index in [0.29, 0.717) is 30.2 Å². The van der Waals surface area contributed by atoms with E-state index in [-0.39, 0.29) is 11.3 Å². The van der Waals surface area contributed by atoms with E-state index in [1.54, 1.807) is 10.7 Å². The minimum absolute atomic E-state index is 0.0703. The van der Waals surface area contributed by atoms with Gasteiger partial charge in [0.1, 0.15) is 5.82 Å². The summed E-state index contributed by atoms with van der Waals surface area (Å²) in [4.78, 5) is 12.0. The third kappa shape index (κ3) is 4.56. The molecule has 5 nitrogen and oxygen atoms in total. The maximum atomic E-state index is 12.0. The van der Waals surface area contributed by atoms with Gasteiger partial charge in [-0.2, -0.15) is 5.10 Å². The van der Waals surface area contributed by atoms with Crippen LogP contribution >= 0.6 is 11.6 Å². The van der Waals surface area contributed by atoms with Gasteiger partial charge in [0.25, 0.3) is 0 Å². The first-order chi connectivity index (χ1) is 10.8. The molecular weight excluding hydrogens is 312 g/mol. The van der Waals surface area contributed by atoms with E-state index in [4.69, 9.17) is 17.3 Å². The molecule has 1 amide bonds. The molecule has 2 rings (SSSR count). The van der Waals surface area contributed by atoms with Gasteiger partial charge in [-0.05, 0) is 31.2 Å². The number of amides is 1. The van der Waals surface area contributed by atoms with Gasteiger partial charge < -0.3 is 11.1 Å². The van der Waals surface area contributed by atoms with Crippen LogP contribution in [0.5, 0.6) is 0 Å². The molecule has 0 saturated heterocycles. The Morgan fingerprint density at radius 1 is 1.35 bits per heavy atom. The molecular formula is C17H23ClN4O. The van der Waals surface area contributed by atoms with Crippen LogP contribution in [0.4, 0.5) is 5.82 Å². The van der Waals surface area contributed by atoms with Crippen molar-refractivity contribution in [2.24, 2.45) is 5.73 Å². The molecule has 1 aromatic heterocycles. The van der Waals surface area contributed by atoms with Crippen LogP contribution in [-0.2, 0) is 10.2 Å². The normalized spacial score (nSPS) is 11.5. The number of hydrogen-bond acceptors (Lipinski definition) is 3. The minimum atomic E-state index is -0.124. The van der Waals surface area contributed by atoms with Gasteiger partial charge in [-0.3, -0.25) is 4.79 Å². The number of carbonyl (C=O) groups excluding carboxylic acids is 1. The van der Waals surface area contributed by atoms with Gasteiger partial charge in [-0.1, -0.05) is 38.4 Å². The summed E-state index contributed by atoms with van der Waals surface area (Å²) in [6.07, 6.45) is 1.05. The van der Waals surface area contributed by atoms with E-state index in [9.17, 15) is 4.79 Å². The summed E-state index contributed by atoms with van der Waals surface area (Å²) in [5.74, 6) is 0.568. The number of halogens is 1. The van der Waals surface area contributed by atoms with Gasteiger partial charge >= 0.3 is 0 Å². The SMILES string of the molecule is CC(C)(C)c1cc(NC(=O)CCCN)n(-c2cccc(Cl)c2)n1. The highest BCUT2D eigenvalue weighted by Crippen LogP contribution is 2.27. The molecule has 0 bridgehead atoms. The Morgan fingerprint density at radius 2 is 2.09 bits per heavy atom. The second-order valence-corrected chi connectivity index (χ2v) is 6.93. The molecule has 0 saturated carbocycles. The molecule has 0 fully saturated rings. The zero-order valence-electron chi connectivity index (χ0n) is 13.8. The van der Waals surface area contributed by atoms with Crippen molar-refractivity contribution in [2.45, 2.75) is 39.0 Å². The largest absolute Gasteiger partial charge is 0.330 e. The maximum absolute atomic E-state index is 12.0. The predicted molar refractivity (Wildman–Crippen MR) is 94.2 cm³/mol. The minimum Gasteiger partial charge on any atom is -0.330 e. The van der Waals surface area contributed by atoms with E-state index in [0.717, 1.165) is 11.4 Å². The summed E-state index contributed by atoms with van der Waals surface area (Å²) < 4.78 is 1.72. The van der Waals surface area contributed by atoms with Crippen molar-refractivity contribution in [2.75, 3.05) is 11.9 Å². The van der Waals surface area contributed by atoms with Crippen molar-refractivity contribution in [3.63, 3.8) is 0 Å². The number of aromatic nitrogens is 2. The van der Waals surface area contributed by atoms with Gasteiger partial charge in [-0.15, -0.1) is 0 Å². The standard InChI is InChI=1S/C17H23ClN4O/c1-17(2,3)14-11-15(20-16(23)8-5-9-19)22(21-14)13-7-4-6-12(18)10-13/h4,6-7,10-11H,5,8-9,19H2,1-3H3,(H,20,23). The van der Waals surface area contributed by atoms with Crippen LogP contribution in [0, 0.1) is 0 Å². The predicted octanol–water partition coefficient (Wildman–Crippen LogP) is 3.50. The number of benzene rings is 1. The van der Waals surface area contributed by atoms with Crippen molar-refractivity contribution in [1.82, 2.24) is 9.78 Å². The molecule has 0 aliphatic rings. The Hall–Kier alpha value is -1.85. The fraction of sp³-hybridized carbons (Fsp3) is 0.412. The zero-order valence-corrected chi connectivity index (χ0v) is 14.5. The Morgan fingerprint density at radius 3 is 2.70 bits per heavy atom. The lowest BCUT2D eigenvalue weighted by Gasteiger charge is -2.14. The molecule has 2 aromatic rings. The molecule has 0 aliphatic heterocycles. The average Bonchev–Trinajstić information content (AvgIpc) is 2.89. The summed E-state index contributed by atoms with van der Waals surface area (Å²) in [7, 11) is 0. The molecule has 0 spiro atoms. The Kier molecular flexibility index (Phi) is 5.44. The zero-order chi connectivity index (χ0) is 17.0. The Balaban J connectivity index is 2.39. The highest BCUT2D eigenvalue weighted by Gasteiger charge is 2.21. The average molecular weight is 335 g/mol. The number of nitrogens with two attached hydrogens (primary N) is 1. The summed E-state index contributed by atoms with van der Waals surface area (Å²) >= 11 is 6.08. The number of anilines is 1. The first-order valence-corrected chi connectivity index (χ1v) is 8.05. The number of nitrogens with zero attached hydrogens (tertiary/aromatic N) is 2. The molecule has 0 radical (unpaired) electrons. The molecule has 1 heterocycles. The fourth-order valence-corrected chi connectivity index (χ4v) is 2.29. The molecule has 0 atom stereocenters. The van der Waals surface area contributed by atoms with E-state index < -0.39 is 0 Å². The highest BCUT2D eigenvalue weighted by molar-refractivity contribution is 6.30. The van der Waals surface area contributed by atoms with E-state index in [1.165, 1.54) is 0 Å². The topological polar surface area (TPSA) is 72.9 Å². The third-order valence-electron chi connectivity index (χ3n) is 3.41. The smallest absolute Gasteiger partial charge is 0.225 e. The Bertz CT molecular complexity index is 688. The van der Waals surface area contributed by atoms with Crippen LogP contribution in [0.1, 0.15) is 39.3 Å². The summed E-state index contributed by atoms with van der Waals surface area (Å²) in [5.41, 5.74) is 7.03. The van der Waals surface area contributed by atoms with Gasteiger partial charge in [-0.25, -0.2) is 4.68 Å². The molecule has 1 aromatic carbocycles. The van der Waals surface area contributed by atoms with E-state index in [2.05, 4.69) is 31.2 Å². The summed E-state index contributed by atoms with van der Waals surface area (Å²) in [6.45, 7) is 6.74. The van der Waals surface area contributed by atoms with Crippen LogP contribution < -0.4 is 11.1 Å². The van der Waals surface area contributed by atoms with Crippen molar-refractivity contribution < 1.29 is 4.79 Å². The Labute approximate surface area is 141 Å². The van der Waals surface area contributed by atoms with Crippen LogP contribution in [0.2, 0.25) is 5.02 Å². The number of carbonyl (C=O) groups is 1. The van der Waals surface area contributed by atoms with E-state index in [1.807, 2.05) is 24.3 Å². The molecule has 6 heteroatoms. The number of rotatable bonds is 5. The third-order valence-corrected chi connectivity index (χ3v) is 3.64. The van der Waals surface area contributed by atoms with Gasteiger partial charge in [0.15, 0.2) is 0 Å². The lowest BCUT2D eigenvalue weighted by atomic mass is 9.92. The monoisotopic (exact) mass is 334 g/mol. The second kappa shape index (κ2) is 7.15. The lowest BCUT2D eigenvalue weighted by Crippen LogP contribution is -2.16. The van der Waals surface area contributed by atoms with Crippen molar-refractivity contribution >= 4 is 23.3 Å². The quantitative estimate of drug-likeness (QED) is 0.878. The highest BCUT2D eigenvalue weighted by atomic mass is 35.5. The van der Waals surface area contributed by atoms with Gasteiger partial charge in [0, 0.05) is 22.9 Å². The van der Waals surface area contributed by atoms with Gasteiger partial charge in [0.2, 0.25) is 5.91 Å². The first kappa shape index (κ1) is 17.5.